The monoisotopic (exact) mass is 222 g/mol. The Hall–Kier alpha value is -0.790. The fourth-order valence-electron chi connectivity index (χ4n) is 2.02. The van der Waals surface area contributed by atoms with Crippen LogP contribution in [-0.2, 0) is 4.74 Å². The third-order valence-electron chi connectivity index (χ3n) is 2.85. The van der Waals surface area contributed by atoms with E-state index in [2.05, 4.69) is 18.7 Å². The van der Waals surface area contributed by atoms with Gasteiger partial charge in [-0.15, -0.1) is 6.58 Å². The Kier molecular flexibility index (Phi) is 3.45. The highest BCUT2D eigenvalue weighted by atomic mass is 35.5. The molecule has 80 valence electrons. The van der Waals surface area contributed by atoms with Crippen LogP contribution in [-0.4, -0.2) is 12.7 Å². The summed E-state index contributed by atoms with van der Waals surface area (Å²) in [6.45, 7) is 4.56. The van der Waals surface area contributed by atoms with Crippen molar-refractivity contribution in [2.45, 2.75) is 24.9 Å². The number of rotatable bonds is 3. The molecule has 1 aliphatic heterocycles. The summed E-state index contributed by atoms with van der Waals surface area (Å²) in [6, 6.07) is 8.06. The van der Waals surface area contributed by atoms with Gasteiger partial charge in [0.25, 0.3) is 0 Å². The summed E-state index contributed by atoms with van der Waals surface area (Å²) in [7, 11) is 0. The van der Waals surface area contributed by atoms with Crippen molar-refractivity contribution in [1.29, 1.82) is 0 Å². The maximum Gasteiger partial charge on any atom is 0.0616 e. The minimum Gasteiger partial charge on any atom is -0.377 e. The number of benzene rings is 1. The lowest BCUT2D eigenvalue weighted by Gasteiger charge is -2.08. The zero-order chi connectivity index (χ0) is 10.7. The lowest BCUT2D eigenvalue weighted by molar-refractivity contribution is 0.112. The second kappa shape index (κ2) is 4.82. The van der Waals surface area contributed by atoms with Crippen LogP contribution in [0.2, 0.25) is 5.02 Å². The smallest absolute Gasteiger partial charge is 0.0616 e. The summed E-state index contributed by atoms with van der Waals surface area (Å²) in [5.74, 6) is 0.521. The molecule has 2 atom stereocenters. The minimum atomic E-state index is 0.350. The molecule has 0 saturated carbocycles. The number of ether oxygens (including phenoxy) is 1. The molecule has 1 nitrogen and oxygen atoms in total. The van der Waals surface area contributed by atoms with Crippen LogP contribution in [0.25, 0.3) is 0 Å². The number of hydrogen-bond donors (Lipinski definition) is 0. The van der Waals surface area contributed by atoms with Gasteiger partial charge in [-0.3, -0.25) is 0 Å². The van der Waals surface area contributed by atoms with Gasteiger partial charge in [0, 0.05) is 10.9 Å². The Morgan fingerprint density at radius 3 is 2.80 bits per heavy atom. The highest BCUT2D eigenvalue weighted by Gasteiger charge is 2.25. The third-order valence-corrected chi connectivity index (χ3v) is 3.10. The molecule has 2 rings (SSSR count). The molecule has 0 aromatic heterocycles. The van der Waals surface area contributed by atoms with Gasteiger partial charge in [0.1, 0.15) is 0 Å². The van der Waals surface area contributed by atoms with Gasteiger partial charge in [-0.1, -0.05) is 29.8 Å². The van der Waals surface area contributed by atoms with Crippen LogP contribution in [0.3, 0.4) is 0 Å². The largest absolute Gasteiger partial charge is 0.377 e. The van der Waals surface area contributed by atoms with E-state index in [0.29, 0.717) is 12.0 Å². The molecule has 0 radical (unpaired) electrons. The van der Waals surface area contributed by atoms with Crippen molar-refractivity contribution < 1.29 is 4.74 Å². The molecule has 1 heterocycles. The first-order valence-electron chi connectivity index (χ1n) is 5.27. The predicted molar refractivity (Wildman–Crippen MR) is 63.4 cm³/mol. The highest BCUT2D eigenvalue weighted by Crippen LogP contribution is 2.31. The Labute approximate surface area is 95.7 Å². The van der Waals surface area contributed by atoms with Gasteiger partial charge in [-0.2, -0.15) is 0 Å². The summed E-state index contributed by atoms with van der Waals surface area (Å²) in [6.07, 6.45) is 4.32. The molecule has 1 saturated heterocycles. The molecule has 0 amide bonds. The van der Waals surface area contributed by atoms with Crippen LogP contribution in [0.4, 0.5) is 0 Å². The lowest BCUT2D eigenvalue weighted by Crippen LogP contribution is -2.02. The molecule has 0 unspecified atom stereocenters. The molecule has 1 aliphatic rings. The van der Waals surface area contributed by atoms with Gasteiger partial charge < -0.3 is 4.74 Å². The fraction of sp³-hybridized carbons (Fsp3) is 0.385. The van der Waals surface area contributed by atoms with Crippen molar-refractivity contribution in [3.63, 3.8) is 0 Å². The van der Waals surface area contributed by atoms with Crippen molar-refractivity contribution in [3.05, 3.63) is 47.5 Å². The molecular weight excluding hydrogens is 208 g/mol. The topological polar surface area (TPSA) is 9.23 Å². The molecule has 0 aliphatic carbocycles. The van der Waals surface area contributed by atoms with E-state index in [1.165, 1.54) is 5.56 Å². The molecule has 0 spiro atoms. The fourth-order valence-corrected chi connectivity index (χ4v) is 2.15. The second-order valence-corrected chi connectivity index (χ2v) is 4.40. The van der Waals surface area contributed by atoms with E-state index in [-0.39, 0.29) is 0 Å². The van der Waals surface area contributed by atoms with E-state index < -0.39 is 0 Å². The zero-order valence-electron chi connectivity index (χ0n) is 8.66. The van der Waals surface area contributed by atoms with Gasteiger partial charge in [0.15, 0.2) is 0 Å². The first-order chi connectivity index (χ1) is 7.29. The maximum atomic E-state index is 5.85. The molecule has 1 fully saturated rings. The predicted octanol–water partition coefficient (Wildman–Crippen LogP) is 3.79. The van der Waals surface area contributed by atoms with Gasteiger partial charge in [0.05, 0.1) is 12.7 Å². The van der Waals surface area contributed by atoms with E-state index in [4.69, 9.17) is 16.3 Å². The summed E-state index contributed by atoms with van der Waals surface area (Å²) >= 11 is 5.85. The van der Waals surface area contributed by atoms with Crippen molar-refractivity contribution in [2.24, 2.45) is 0 Å². The first-order valence-corrected chi connectivity index (χ1v) is 5.65. The molecule has 2 heteroatoms. The van der Waals surface area contributed by atoms with Crippen LogP contribution >= 0.6 is 11.6 Å². The Bertz CT molecular complexity index is 331. The summed E-state index contributed by atoms with van der Waals surface area (Å²) in [4.78, 5) is 0. The van der Waals surface area contributed by atoms with Crippen molar-refractivity contribution in [3.8, 4) is 0 Å². The summed E-state index contributed by atoms with van der Waals surface area (Å²) in [5, 5.41) is 0.792. The van der Waals surface area contributed by atoms with Gasteiger partial charge in [0.2, 0.25) is 0 Å². The first kappa shape index (κ1) is 10.7. The average Bonchev–Trinajstić information content (AvgIpc) is 2.68. The zero-order valence-corrected chi connectivity index (χ0v) is 9.41. The quantitative estimate of drug-likeness (QED) is 0.708. The molecule has 0 N–H and O–H groups in total. The van der Waals surface area contributed by atoms with Crippen molar-refractivity contribution in [1.82, 2.24) is 0 Å². The van der Waals surface area contributed by atoms with E-state index in [9.17, 15) is 0 Å². The standard InChI is InChI=1S/C13H15ClO/c1-2-3-13-8-11(9-15-13)10-4-6-12(14)7-5-10/h2,4-7,11,13H,1,3,8-9H2/t11-,13-/m1/s1. The Morgan fingerprint density at radius 2 is 2.13 bits per heavy atom. The SMILES string of the molecule is C=CC[C@@H]1C[C@@H](c2ccc(Cl)cc2)CO1. The third kappa shape index (κ3) is 2.61. The normalized spacial score (nSPS) is 25.4. The van der Waals surface area contributed by atoms with Crippen molar-refractivity contribution >= 4 is 11.6 Å². The Morgan fingerprint density at radius 1 is 1.40 bits per heavy atom. The summed E-state index contributed by atoms with van der Waals surface area (Å²) in [5.41, 5.74) is 1.32. The molecule has 1 aromatic carbocycles. The van der Waals surface area contributed by atoms with Gasteiger partial charge >= 0.3 is 0 Å². The van der Waals surface area contributed by atoms with Gasteiger partial charge in [-0.25, -0.2) is 0 Å². The lowest BCUT2D eigenvalue weighted by atomic mass is 9.95. The van der Waals surface area contributed by atoms with Crippen LogP contribution in [0.5, 0.6) is 0 Å². The molecular formula is C13H15ClO. The molecule has 1 aromatic rings. The Balaban J connectivity index is 2.01. The molecule has 15 heavy (non-hydrogen) atoms. The summed E-state index contributed by atoms with van der Waals surface area (Å²) < 4.78 is 5.69. The van der Waals surface area contributed by atoms with Crippen LogP contribution < -0.4 is 0 Å². The van der Waals surface area contributed by atoms with Gasteiger partial charge in [-0.05, 0) is 30.5 Å². The number of hydrogen-bond acceptors (Lipinski definition) is 1. The van der Waals surface area contributed by atoms with Crippen LogP contribution in [0, 0.1) is 0 Å². The minimum absolute atomic E-state index is 0.350. The van der Waals surface area contributed by atoms with Crippen LogP contribution in [0.1, 0.15) is 24.3 Å². The van der Waals surface area contributed by atoms with E-state index in [0.717, 1.165) is 24.5 Å². The molecule has 0 bridgehead atoms. The maximum absolute atomic E-state index is 5.85. The number of halogens is 1. The van der Waals surface area contributed by atoms with E-state index >= 15 is 0 Å². The van der Waals surface area contributed by atoms with E-state index in [1.54, 1.807) is 0 Å². The van der Waals surface area contributed by atoms with E-state index in [1.807, 2.05) is 18.2 Å². The average molecular weight is 223 g/mol. The highest BCUT2D eigenvalue weighted by molar-refractivity contribution is 6.30. The van der Waals surface area contributed by atoms with Crippen molar-refractivity contribution in [2.75, 3.05) is 6.61 Å². The van der Waals surface area contributed by atoms with Crippen LogP contribution in [0.15, 0.2) is 36.9 Å². The second-order valence-electron chi connectivity index (χ2n) is 3.96.